The van der Waals surface area contributed by atoms with Crippen molar-refractivity contribution in [3.05, 3.63) is 34.9 Å². The van der Waals surface area contributed by atoms with E-state index < -0.39 is 0 Å². The molecule has 0 amide bonds. The summed E-state index contributed by atoms with van der Waals surface area (Å²) in [6.45, 7) is 6.87. The molecule has 0 aromatic heterocycles. The predicted molar refractivity (Wildman–Crippen MR) is 79.3 cm³/mol. The van der Waals surface area contributed by atoms with Crippen molar-refractivity contribution in [2.45, 2.75) is 58.0 Å². The van der Waals surface area contributed by atoms with Crippen molar-refractivity contribution < 1.29 is 0 Å². The summed E-state index contributed by atoms with van der Waals surface area (Å²) in [6.07, 6.45) is 3.77. The molecule has 1 unspecified atom stereocenters. The van der Waals surface area contributed by atoms with Crippen LogP contribution in [0.1, 0.15) is 51.5 Å². The van der Waals surface area contributed by atoms with Crippen molar-refractivity contribution in [3.8, 4) is 0 Å². The van der Waals surface area contributed by atoms with Crippen LogP contribution in [0.5, 0.6) is 0 Å². The minimum absolute atomic E-state index is 0.635. The Morgan fingerprint density at radius 2 is 2.00 bits per heavy atom. The second kappa shape index (κ2) is 6.08. The molecule has 1 aliphatic rings. The molecule has 1 aromatic rings. The molecule has 1 aromatic carbocycles. The molecule has 0 bridgehead atoms. The summed E-state index contributed by atoms with van der Waals surface area (Å²) in [4.78, 5) is 0. The Balaban J connectivity index is 1.77. The van der Waals surface area contributed by atoms with Crippen LogP contribution in [0.2, 0.25) is 5.02 Å². The van der Waals surface area contributed by atoms with Gasteiger partial charge in [0.05, 0.1) is 0 Å². The zero-order valence-electron chi connectivity index (χ0n) is 11.6. The zero-order chi connectivity index (χ0) is 13.1. The van der Waals surface area contributed by atoms with Crippen molar-refractivity contribution in [3.63, 3.8) is 0 Å². The monoisotopic (exact) mass is 265 g/mol. The van der Waals surface area contributed by atoms with Gasteiger partial charge in [-0.1, -0.05) is 37.6 Å². The van der Waals surface area contributed by atoms with Gasteiger partial charge in [-0.15, -0.1) is 0 Å². The van der Waals surface area contributed by atoms with E-state index in [-0.39, 0.29) is 0 Å². The van der Waals surface area contributed by atoms with Gasteiger partial charge in [0.15, 0.2) is 0 Å². The third-order valence-electron chi connectivity index (χ3n) is 3.80. The molecule has 0 saturated heterocycles. The van der Waals surface area contributed by atoms with Crippen molar-refractivity contribution >= 4 is 11.6 Å². The molecule has 1 N–H and O–H groups in total. The number of halogens is 1. The molecule has 0 heterocycles. The van der Waals surface area contributed by atoms with E-state index in [0.29, 0.717) is 18.0 Å². The van der Waals surface area contributed by atoms with Crippen LogP contribution in [0.4, 0.5) is 0 Å². The highest BCUT2D eigenvalue weighted by Gasteiger charge is 2.30. The summed E-state index contributed by atoms with van der Waals surface area (Å²) < 4.78 is 0. The van der Waals surface area contributed by atoms with Gasteiger partial charge in [-0.05, 0) is 55.7 Å². The summed E-state index contributed by atoms with van der Waals surface area (Å²) in [5, 5.41) is 4.59. The van der Waals surface area contributed by atoms with Crippen LogP contribution in [-0.2, 0) is 0 Å². The van der Waals surface area contributed by atoms with Gasteiger partial charge in [0, 0.05) is 17.1 Å². The fourth-order valence-corrected chi connectivity index (χ4v) is 3.16. The number of hydrogen-bond donors (Lipinski definition) is 1. The number of benzene rings is 1. The number of rotatable bonds is 5. The van der Waals surface area contributed by atoms with Crippen molar-refractivity contribution in [1.29, 1.82) is 0 Å². The second-order valence-corrected chi connectivity index (χ2v) is 6.55. The van der Waals surface area contributed by atoms with E-state index in [1.165, 1.54) is 24.8 Å². The molecule has 0 radical (unpaired) electrons. The normalized spacial score (nSPS) is 24.9. The maximum atomic E-state index is 6.03. The molecule has 1 nitrogen and oxygen atoms in total. The van der Waals surface area contributed by atoms with Gasteiger partial charge in [0.25, 0.3) is 0 Å². The van der Waals surface area contributed by atoms with Crippen LogP contribution in [0.25, 0.3) is 0 Å². The lowest BCUT2D eigenvalue weighted by atomic mass is 9.75. The predicted octanol–water partition coefficient (Wildman–Crippen LogP) is 4.61. The minimum Gasteiger partial charge on any atom is -0.311 e. The van der Waals surface area contributed by atoms with Gasteiger partial charge in [-0.3, -0.25) is 0 Å². The average Bonchev–Trinajstić information content (AvgIpc) is 2.21. The van der Waals surface area contributed by atoms with Gasteiger partial charge in [-0.25, -0.2) is 0 Å². The van der Waals surface area contributed by atoms with Gasteiger partial charge in [0.1, 0.15) is 0 Å². The first kappa shape index (κ1) is 13.9. The third-order valence-corrected chi connectivity index (χ3v) is 4.04. The van der Waals surface area contributed by atoms with Crippen LogP contribution in [0.3, 0.4) is 0 Å². The van der Waals surface area contributed by atoms with Gasteiger partial charge < -0.3 is 5.32 Å². The highest BCUT2D eigenvalue weighted by atomic mass is 35.5. The minimum atomic E-state index is 0.635. The van der Waals surface area contributed by atoms with E-state index in [9.17, 15) is 0 Å². The molecule has 1 fully saturated rings. The standard InChI is InChI=1S/C16H24ClN/c1-11(2)7-12(3)18-16-9-14(10-16)13-5-4-6-15(17)8-13/h4-6,8,11-12,14,16,18H,7,9-10H2,1-3H3. The fourth-order valence-electron chi connectivity index (χ4n) is 2.96. The summed E-state index contributed by atoms with van der Waals surface area (Å²) >= 11 is 6.03. The van der Waals surface area contributed by atoms with E-state index in [4.69, 9.17) is 11.6 Å². The largest absolute Gasteiger partial charge is 0.311 e. The molecular weight excluding hydrogens is 242 g/mol. The Hall–Kier alpha value is -0.530. The van der Waals surface area contributed by atoms with Crippen LogP contribution in [0.15, 0.2) is 24.3 Å². The first-order valence-electron chi connectivity index (χ1n) is 7.06. The summed E-state index contributed by atoms with van der Waals surface area (Å²) in [6, 6.07) is 9.65. The smallest absolute Gasteiger partial charge is 0.0408 e. The molecule has 0 spiro atoms. The molecule has 2 heteroatoms. The van der Waals surface area contributed by atoms with Crippen LogP contribution in [0, 0.1) is 5.92 Å². The van der Waals surface area contributed by atoms with Gasteiger partial charge in [-0.2, -0.15) is 0 Å². The van der Waals surface area contributed by atoms with Crippen molar-refractivity contribution in [2.75, 3.05) is 0 Å². The topological polar surface area (TPSA) is 12.0 Å². The summed E-state index contributed by atoms with van der Waals surface area (Å²) in [7, 11) is 0. The molecule has 0 aliphatic heterocycles. The first-order chi connectivity index (χ1) is 8.54. The average molecular weight is 266 g/mol. The Bertz CT molecular complexity index is 382. The zero-order valence-corrected chi connectivity index (χ0v) is 12.4. The van der Waals surface area contributed by atoms with E-state index in [1.54, 1.807) is 0 Å². The van der Waals surface area contributed by atoms with Crippen molar-refractivity contribution in [1.82, 2.24) is 5.32 Å². The fraction of sp³-hybridized carbons (Fsp3) is 0.625. The first-order valence-corrected chi connectivity index (χ1v) is 7.44. The molecule has 1 saturated carbocycles. The van der Waals surface area contributed by atoms with Gasteiger partial charge >= 0.3 is 0 Å². The molecule has 1 aliphatic carbocycles. The van der Waals surface area contributed by atoms with Crippen LogP contribution < -0.4 is 5.32 Å². The van der Waals surface area contributed by atoms with Crippen LogP contribution >= 0.6 is 11.6 Å². The highest BCUT2D eigenvalue weighted by Crippen LogP contribution is 2.37. The summed E-state index contributed by atoms with van der Waals surface area (Å²) in [5.41, 5.74) is 1.40. The molecule has 100 valence electrons. The quantitative estimate of drug-likeness (QED) is 0.820. The lowest BCUT2D eigenvalue weighted by molar-refractivity contribution is 0.257. The summed E-state index contributed by atoms with van der Waals surface area (Å²) in [5.74, 6) is 1.48. The van der Waals surface area contributed by atoms with E-state index >= 15 is 0 Å². The maximum Gasteiger partial charge on any atom is 0.0408 e. The molecule has 18 heavy (non-hydrogen) atoms. The lowest BCUT2D eigenvalue weighted by Gasteiger charge is -2.38. The second-order valence-electron chi connectivity index (χ2n) is 6.12. The Morgan fingerprint density at radius 1 is 1.28 bits per heavy atom. The lowest BCUT2D eigenvalue weighted by Crippen LogP contribution is -2.44. The number of nitrogens with one attached hydrogen (secondary N) is 1. The molecule has 1 atom stereocenters. The maximum absolute atomic E-state index is 6.03. The van der Waals surface area contributed by atoms with E-state index in [1.807, 2.05) is 6.07 Å². The van der Waals surface area contributed by atoms with Crippen molar-refractivity contribution in [2.24, 2.45) is 5.92 Å². The number of hydrogen-bond acceptors (Lipinski definition) is 1. The Kier molecular flexibility index (Phi) is 4.69. The highest BCUT2D eigenvalue weighted by molar-refractivity contribution is 6.30. The van der Waals surface area contributed by atoms with Gasteiger partial charge in [0.2, 0.25) is 0 Å². The molecular formula is C16H24ClN. The SMILES string of the molecule is CC(C)CC(C)NC1CC(c2cccc(Cl)c2)C1. The van der Waals surface area contributed by atoms with Crippen LogP contribution in [-0.4, -0.2) is 12.1 Å². The Labute approximate surface area is 116 Å². The van der Waals surface area contributed by atoms with E-state index in [0.717, 1.165) is 10.9 Å². The third kappa shape index (κ3) is 3.73. The molecule has 2 rings (SSSR count). The van der Waals surface area contributed by atoms with E-state index in [2.05, 4.69) is 44.3 Å². The Morgan fingerprint density at radius 3 is 2.61 bits per heavy atom.